The molecule has 0 aromatic carbocycles. The summed E-state index contributed by atoms with van der Waals surface area (Å²) >= 11 is 0. The summed E-state index contributed by atoms with van der Waals surface area (Å²) in [6, 6.07) is 0.459. The lowest BCUT2D eigenvalue weighted by Crippen LogP contribution is -2.26. The van der Waals surface area contributed by atoms with Crippen molar-refractivity contribution in [3.05, 3.63) is 18.1 Å². The maximum Gasteiger partial charge on any atom is 0.147 e. The molecule has 0 bridgehead atoms. The highest BCUT2D eigenvalue weighted by molar-refractivity contribution is 5.35. The van der Waals surface area contributed by atoms with Crippen molar-refractivity contribution in [2.75, 3.05) is 11.9 Å². The van der Waals surface area contributed by atoms with Crippen molar-refractivity contribution in [2.45, 2.75) is 26.8 Å². The Balaban J connectivity index is 2.88. The van der Waals surface area contributed by atoms with Crippen molar-refractivity contribution in [2.24, 2.45) is 0 Å². The van der Waals surface area contributed by atoms with E-state index in [4.69, 9.17) is 0 Å². The van der Waals surface area contributed by atoms with Gasteiger partial charge in [0.2, 0.25) is 0 Å². The van der Waals surface area contributed by atoms with E-state index in [0.717, 1.165) is 11.5 Å². The largest absolute Gasteiger partial charge is 0.356 e. The van der Waals surface area contributed by atoms with Crippen LogP contribution in [-0.2, 0) is 0 Å². The van der Waals surface area contributed by atoms with Crippen molar-refractivity contribution < 1.29 is 0 Å². The van der Waals surface area contributed by atoms with Gasteiger partial charge in [0.15, 0.2) is 0 Å². The molecule has 0 amide bonds. The van der Waals surface area contributed by atoms with Gasteiger partial charge >= 0.3 is 0 Å². The number of rotatable bonds is 2. The van der Waals surface area contributed by atoms with E-state index in [0.29, 0.717) is 6.04 Å². The number of hydrogen-bond acceptors (Lipinski definition) is 3. The van der Waals surface area contributed by atoms with Crippen LogP contribution in [0.5, 0.6) is 0 Å². The summed E-state index contributed by atoms with van der Waals surface area (Å²) in [5.41, 5.74) is 0.958. The highest BCUT2D eigenvalue weighted by Gasteiger charge is 2.05. The van der Waals surface area contributed by atoms with Gasteiger partial charge in [-0.3, -0.25) is 4.98 Å². The third-order valence-corrected chi connectivity index (χ3v) is 1.88. The molecule has 0 spiro atoms. The Morgan fingerprint density at radius 2 is 2.00 bits per heavy atom. The highest BCUT2D eigenvalue weighted by Crippen LogP contribution is 2.09. The number of aryl methyl sites for hydroxylation is 1. The molecule has 0 aliphatic rings. The summed E-state index contributed by atoms with van der Waals surface area (Å²) in [5.74, 6) is 0.935. The number of anilines is 1. The van der Waals surface area contributed by atoms with Gasteiger partial charge in [-0.05, 0) is 20.8 Å². The van der Waals surface area contributed by atoms with E-state index in [-0.39, 0.29) is 0 Å². The second-order valence-corrected chi connectivity index (χ2v) is 3.22. The molecule has 0 fully saturated rings. The van der Waals surface area contributed by atoms with Gasteiger partial charge in [-0.25, -0.2) is 4.98 Å². The van der Waals surface area contributed by atoms with Crippen LogP contribution in [0.3, 0.4) is 0 Å². The van der Waals surface area contributed by atoms with E-state index in [9.17, 15) is 0 Å². The van der Waals surface area contributed by atoms with Gasteiger partial charge in [-0.2, -0.15) is 0 Å². The number of aromatic nitrogens is 2. The summed E-state index contributed by atoms with van der Waals surface area (Å²) in [4.78, 5) is 10.5. The van der Waals surface area contributed by atoms with Gasteiger partial charge < -0.3 is 4.90 Å². The third kappa shape index (κ3) is 1.94. The van der Waals surface area contributed by atoms with Gasteiger partial charge in [0.1, 0.15) is 5.82 Å². The SMILES string of the molecule is Cc1cncc(N(C)C(C)C)n1. The maximum absolute atomic E-state index is 4.36. The topological polar surface area (TPSA) is 29.0 Å². The van der Waals surface area contributed by atoms with Gasteiger partial charge in [-0.1, -0.05) is 0 Å². The Bertz CT molecular complexity index is 258. The van der Waals surface area contributed by atoms with Crippen LogP contribution in [0, 0.1) is 6.92 Å². The molecule has 3 nitrogen and oxygen atoms in total. The molecule has 0 saturated heterocycles. The number of nitrogens with zero attached hydrogens (tertiary/aromatic N) is 3. The smallest absolute Gasteiger partial charge is 0.147 e. The second kappa shape index (κ2) is 3.52. The summed E-state index contributed by atoms with van der Waals surface area (Å²) in [7, 11) is 2.02. The molecular formula is C9H15N3. The molecule has 0 saturated carbocycles. The summed E-state index contributed by atoms with van der Waals surface area (Å²) < 4.78 is 0. The predicted octanol–water partition coefficient (Wildman–Crippen LogP) is 1.63. The molecule has 12 heavy (non-hydrogen) atoms. The van der Waals surface area contributed by atoms with Crippen molar-refractivity contribution in [1.82, 2.24) is 9.97 Å². The van der Waals surface area contributed by atoms with Crippen LogP contribution in [0.4, 0.5) is 5.82 Å². The van der Waals surface area contributed by atoms with Crippen LogP contribution in [-0.4, -0.2) is 23.1 Å². The van der Waals surface area contributed by atoms with E-state index in [1.54, 1.807) is 12.4 Å². The molecule has 66 valence electrons. The Morgan fingerprint density at radius 3 is 2.50 bits per heavy atom. The predicted molar refractivity (Wildman–Crippen MR) is 50.3 cm³/mol. The average molecular weight is 165 g/mol. The first-order valence-corrected chi connectivity index (χ1v) is 4.12. The quantitative estimate of drug-likeness (QED) is 0.667. The average Bonchev–Trinajstić information content (AvgIpc) is 2.03. The first kappa shape index (κ1) is 8.97. The zero-order chi connectivity index (χ0) is 9.14. The molecule has 0 aliphatic heterocycles. The Morgan fingerprint density at radius 1 is 1.33 bits per heavy atom. The van der Waals surface area contributed by atoms with E-state index in [1.165, 1.54) is 0 Å². The molecule has 1 heterocycles. The van der Waals surface area contributed by atoms with Crippen LogP contribution in [0.1, 0.15) is 19.5 Å². The van der Waals surface area contributed by atoms with E-state index in [2.05, 4.69) is 28.7 Å². The molecule has 0 N–H and O–H groups in total. The molecular weight excluding hydrogens is 150 g/mol. The standard InChI is InChI=1S/C9H15N3/c1-7(2)12(4)9-6-10-5-8(3)11-9/h5-7H,1-4H3. The minimum Gasteiger partial charge on any atom is -0.356 e. The fraction of sp³-hybridized carbons (Fsp3) is 0.556. The highest BCUT2D eigenvalue weighted by atomic mass is 15.2. The van der Waals surface area contributed by atoms with Crippen molar-refractivity contribution in [3.8, 4) is 0 Å². The Labute approximate surface area is 73.5 Å². The lowest BCUT2D eigenvalue weighted by atomic mass is 10.3. The maximum atomic E-state index is 4.36. The second-order valence-electron chi connectivity index (χ2n) is 3.22. The van der Waals surface area contributed by atoms with Crippen LogP contribution in [0.15, 0.2) is 12.4 Å². The van der Waals surface area contributed by atoms with Crippen molar-refractivity contribution in [3.63, 3.8) is 0 Å². The fourth-order valence-corrected chi connectivity index (χ4v) is 0.885. The van der Waals surface area contributed by atoms with Gasteiger partial charge in [-0.15, -0.1) is 0 Å². The molecule has 0 unspecified atom stereocenters. The number of hydrogen-bond donors (Lipinski definition) is 0. The lowest BCUT2D eigenvalue weighted by molar-refractivity contribution is 0.738. The monoisotopic (exact) mass is 165 g/mol. The van der Waals surface area contributed by atoms with Crippen molar-refractivity contribution in [1.29, 1.82) is 0 Å². The molecule has 0 radical (unpaired) electrons. The van der Waals surface area contributed by atoms with Gasteiger partial charge in [0.25, 0.3) is 0 Å². The minimum atomic E-state index is 0.459. The first-order chi connectivity index (χ1) is 5.61. The zero-order valence-corrected chi connectivity index (χ0v) is 8.07. The van der Waals surface area contributed by atoms with E-state index in [1.807, 2.05) is 14.0 Å². The molecule has 1 rings (SSSR count). The van der Waals surface area contributed by atoms with Crippen LogP contribution >= 0.6 is 0 Å². The molecule has 0 atom stereocenters. The van der Waals surface area contributed by atoms with E-state index >= 15 is 0 Å². The van der Waals surface area contributed by atoms with Crippen LogP contribution in [0.25, 0.3) is 0 Å². The Kier molecular flexibility index (Phi) is 2.63. The Hall–Kier alpha value is -1.12. The fourth-order valence-electron chi connectivity index (χ4n) is 0.885. The third-order valence-electron chi connectivity index (χ3n) is 1.88. The van der Waals surface area contributed by atoms with E-state index < -0.39 is 0 Å². The van der Waals surface area contributed by atoms with Gasteiger partial charge in [0.05, 0.1) is 11.9 Å². The molecule has 1 aromatic heterocycles. The summed E-state index contributed by atoms with van der Waals surface area (Å²) in [6.45, 7) is 6.21. The first-order valence-electron chi connectivity index (χ1n) is 4.12. The summed E-state index contributed by atoms with van der Waals surface area (Å²) in [6.07, 6.45) is 3.55. The van der Waals surface area contributed by atoms with Crippen LogP contribution in [0.2, 0.25) is 0 Å². The molecule has 3 heteroatoms. The lowest BCUT2D eigenvalue weighted by Gasteiger charge is -2.21. The molecule has 0 aliphatic carbocycles. The normalized spacial score (nSPS) is 10.4. The summed E-state index contributed by atoms with van der Waals surface area (Å²) in [5, 5.41) is 0. The molecule has 1 aromatic rings. The van der Waals surface area contributed by atoms with Crippen LogP contribution < -0.4 is 4.90 Å². The van der Waals surface area contributed by atoms with Crippen molar-refractivity contribution >= 4 is 5.82 Å². The van der Waals surface area contributed by atoms with Gasteiger partial charge in [0, 0.05) is 19.3 Å². The minimum absolute atomic E-state index is 0.459. The zero-order valence-electron chi connectivity index (χ0n) is 8.07.